The van der Waals surface area contributed by atoms with Gasteiger partial charge in [-0.15, -0.1) is 0 Å². The van der Waals surface area contributed by atoms with Gasteiger partial charge >= 0.3 is 0 Å². The molecule has 0 aliphatic heterocycles. The molecule has 2 aromatic heterocycles. The van der Waals surface area contributed by atoms with Crippen molar-refractivity contribution in [3.8, 4) is 11.3 Å². The molecule has 0 aliphatic carbocycles. The van der Waals surface area contributed by atoms with Gasteiger partial charge in [0.15, 0.2) is 11.9 Å². The third kappa shape index (κ3) is 2.98. The fraction of sp³-hybridized carbons (Fsp3) is 0.250. The summed E-state index contributed by atoms with van der Waals surface area (Å²) < 4.78 is 8.34. The normalized spacial score (nSPS) is 11.4. The summed E-state index contributed by atoms with van der Waals surface area (Å²) in [5.74, 6) is 0.517. The Labute approximate surface area is 159 Å². The van der Waals surface area contributed by atoms with Crippen molar-refractivity contribution in [2.45, 2.75) is 27.2 Å². The Morgan fingerprint density at radius 1 is 1.11 bits per heavy atom. The summed E-state index contributed by atoms with van der Waals surface area (Å²) in [6.07, 6.45) is 2.99. The van der Waals surface area contributed by atoms with Gasteiger partial charge in [0.25, 0.3) is 0 Å². The first-order valence-electron chi connectivity index (χ1n) is 9.30. The molecule has 0 amide bonds. The number of rotatable bonds is 3. The molecule has 0 spiro atoms. The average molecular weight is 355 g/mol. The van der Waals surface area contributed by atoms with Crippen LogP contribution < -0.4 is 4.57 Å². The number of benzene rings is 2. The predicted octanol–water partition coefficient (Wildman–Crippen LogP) is 6.14. The van der Waals surface area contributed by atoms with Gasteiger partial charge in [-0.05, 0) is 54.7 Å². The van der Waals surface area contributed by atoms with Crippen LogP contribution in [-0.4, -0.2) is 0 Å². The highest BCUT2D eigenvalue weighted by atomic mass is 16.3. The predicted molar refractivity (Wildman–Crippen MR) is 110 cm³/mol. The Morgan fingerprint density at radius 3 is 2.63 bits per heavy atom. The first-order valence-corrected chi connectivity index (χ1v) is 9.30. The number of hydrogen-bond acceptors (Lipinski definition) is 1. The van der Waals surface area contributed by atoms with Crippen molar-refractivity contribution < 1.29 is 8.98 Å². The number of pyridine rings is 1. The molecule has 2 aromatic carbocycles. The zero-order valence-corrected chi connectivity index (χ0v) is 16.2. The molecular formula is C24H23N2O+. The molecule has 4 rings (SSSR count). The van der Waals surface area contributed by atoms with Crippen LogP contribution in [0, 0.1) is 19.4 Å². The molecule has 0 atom stereocenters. The highest BCUT2D eigenvalue weighted by molar-refractivity contribution is 6.09. The maximum Gasteiger partial charge on any atom is 0.212 e. The molecule has 4 aromatic rings. The topological polar surface area (TPSA) is 21.4 Å². The quantitative estimate of drug-likeness (QED) is 0.320. The van der Waals surface area contributed by atoms with E-state index >= 15 is 0 Å². The lowest BCUT2D eigenvalue weighted by Crippen LogP contribution is -2.30. The molecule has 0 N–H and O–H groups in total. The number of fused-ring (bicyclic) bond motifs is 3. The van der Waals surface area contributed by atoms with Crippen LogP contribution >= 0.6 is 0 Å². The Morgan fingerprint density at radius 2 is 1.93 bits per heavy atom. The number of aryl methyl sites for hydroxylation is 2. The van der Waals surface area contributed by atoms with Gasteiger partial charge in [-0.1, -0.05) is 19.9 Å². The smallest absolute Gasteiger partial charge is 0.212 e. The Balaban J connectivity index is 2.03. The average Bonchev–Trinajstić information content (AvgIpc) is 2.98. The molecule has 0 bridgehead atoms. The summed E-state index contributed by atoms with van der Waals surface area (Å²) in [4.78, 5) is 3.64. The second-order valence-electron chi connectivity index (χ2n) is 7.65. The van der Waals surface area contributed by atoms with E-state index in [1.165, 1.54) is 16.7 Å². The Kier molecular flexibility index (Phi) is 4.20. The van der Waals surface area contributed by atoms with Crippen molar-refractivity contribution in [1.82, 2.24) is 0 Å². The van der Waals surface area contributed by atoms with E-state index < -0.39 is 0 Å². The van der Waals surface area contributed by atoms with Crippen LogP contribution in [-0.2, 0) is 13.5 Å². The van der Waals surface area contributed by atoms with Crippen LogP contribution in [0.2, 0.25) is 0 Å². The standard InChI is InChI=1S/C24H23N2O/c1-15(2)10-17-12-18(25-4)13-23-24(17)20-11-16(3)19(14-22(20)27-23)21-8-6-7-9-26(21)5/h6-9,11-15H,10H2,1-3,5H3/q+1. The molecule has 27 heavy (non-hydrogen) atoms. The molecule has 3 heteroatoms. The van der Waals surface area contributed by atoms with Gasteiger partial charge in [-0.2, -0.15) is 0 Å². The molecular weight excluding hydrogens is 332 g/mol. The van der Waals surface area contributed by atoms with Gasteiger partial charge in [0, 0.05) is 22.9 Å². The summed E-state index contributed by atoms with van der Waals surface area (Å²) in [5, 5.41) is 2.29. The molecule has 0 saturated carbocycles. The minimum atomic E-state index is 0.517. The summed E-state index contributed by atoms with van der Waals surface area (Å²) in [7, 11) is 2.06. The minimum Gasteiger partial charge on any atom is -0.457 e. The van der Waals surface area contributed by atoms with Crippen LogP contribution in [0.5, 0.6) is 0 Å². The van der Waals surface area contributed by atoms with Crippen LogP contribution in [0.1, 0.15) is 25.0 Å². The molecule has 0 aliphatic rings. The molecule has 0 fully saturated rings. The van der Waals surface area contributed by atoms with Gasteiger partial charge < -0.3 is 4.42 Å². The summed E-state index contributed by atoms with van der Waals surface area (Å²) in [5.41, 5.74) is 7.07. The van der Waals surface area contributed by atoms with Crippen LogP contribution in [0.3, 0.4) is 0 Å². The maximum absolute atomic E-state index is 7.42. The first-order chi connectivity index (χ1) is 13.0. The number of hydrogen-bond donors (Lipinski definition) is 0. The zero-order valence-electron chi connectivity index (χ0n) is 16.2. The lowest BCUT2D eigenvalue weighted by atomic mass is 9.95. The SMILES string of the molecule is [C-]#[N+]c1cc(CC(C)C)c2c(c1)oc1cc(-c3cccc[n+]3C)c(C)cc12. The Bertz CT molecular complexity index is 1210. The van der Waals surface area contributed by atoms with E-state index in [9.17, 15) is 0 Å². The van der Waals surface area contributed by atoms with Crippen molar-refractivity contribution in [2.75, 3.05) is 0 Å². The first kappa shape index (κ1) is 17.3. The number of aromatic nitrogens is 1. The summed E-state index contributed by atoms with van der Waals surface area (Å²) >= 11 is 0. The molecule has 134 valence electrons. The zero-order chi connectivity index (χ0) is 19.1. The molecule has 0 unspecified atom stereocenters. The highest BCUT2D eigenvalue weighted by Gasteiger charge is 2.18. The van der Waals surface area contributed by atoms with Crippen LogP contribution in [0.25, 0.3) is 38.0 Å². The van der Waals surface area contributed by atoms with Gasteiger partial charge in [0.1, 0.15) is 18.2 Å². The fourth-order valence-corrected chi connectivity index (χ4v) is 3.87. The van der Waals surface area contributed by atoms with Gasteiger partial charge in [-0.3, -0.25) is 0 Å². The fourth-order valence-electron chi connectivity index (χ4n) is 3.87. The number of nitrogens with zero attached hydrogens (tertiary/aromatic N) is 2. The highest BCUT2D eigenvalue weighted by Crippen LogP contribution is 2.38. The van der Waals surface area contributed by atoms with E-state index in [2.05, 4.69) is 67.7 Å². The van der Waals surface area contributed by atoms with Crippen molar-refractivity contribution in [3.05, 3.63) is 71.2 Å². The second kappa shape index (κ2) is 6.55. The van der Waals surface area contributed by atoms with Gasteiger partial charge in [0.2, 0.25) is 5.69 Å². The third-order valence-electron chi connectivity index (χ3n) is 5.07. The van der Waals surface area contributed by atoms with Crippen molar-refractivity contribution in [1.29, 1.82) is 0 Å². The largest absolute Gasteiger partial charge is 0.457 e. The van der Waals surface area contributed by atoms with Gasteiger partial charge in [0.05, 0.1) is 12.1 Å². The van der Waals surface area contributed by atoms with Crippen LogP contribution in [0.4, 0.5) is 5.69 Å². The lowest BCUT2D eigenvalue weighted by Gasteiger charge is -2.08. The summed E-state index contributed by atoms with van der Waals surface area (Å²) in [6.45, 7) is 14.0. The maximum atomic E-state index is 7.42. The lowest BCUT2D eigenvalue weighted by molar-refractivity contribution is -0.660. The monoisotopic (exact) mass is 355 g/mol. The summed E-state index contributed by atoms with van der Waals surface area (Å²) in [6, 6.07) is 14.5. The molecule has 3 nitrogen and oxygen atoms in total. The van der Waals surface area contributed by atoms with Crippen molar-refractivity contribution in [3.63, 3.8) is 0 Å². The van der Waals surface area contributed by atoms with E-state index in [1.54, 1.807) is 0 Å². The van der Waals surface area contributed by atoms with E-state index in [1.807, 2.05) is 18.2 Å². The molecule has 2 heterocycles. The van der Waals surface area contributed by atoms with E-state index in [0.717, 1.165) is 34.1 Å². The Hall–Kier alpha value is -3.12. The molecule has 0 radical (unpaired) electrons. The van der Waals surface area contributed by atoms with Crippen LogP contribution in [0.15, 0.2) is 53.1 Å². The van der Waals surface area contributed by atoms with Crippen molar-refractivity contribution >= 4 is 27.6 Å². The minimum absolute atomic E-state index is 0.517. The van der Waals surface area contributed by atoms with Crippen molar-refractivity contribution in [2.24, 2.45) is 13.0 Å². The van der Waals surface area contributed by atoms with Gasteiger partial charge in [-0.25, -0.2) is 9.41 Å². The van der Waals surface area contributed by atoms with E-state index in [4.69, 9.17) is 11.0 Å². The van der Waals surface area contributed by atoms with E-state index in [-0.39, 0.29) is 0 Å². The second-order valence-corrected chi connectivity index (χ2v) is 7.65. The number of furan rings is 1. The third-order valence-corrected chi connectivity index (χ3v) is 5.07. The molecule has 0 saturated heterocycles. The van der Waals surface area contributed by atoms with E-state index in [0.29, 0.717) is 11.6 Å².